The van der Waals surface area contributed by atoms with Gasteiger partial charge in [0.1, 0.15) is 9.84 Å². The van der Waals surface area contributed by atoms with Crippen molar-refractivity contribution in [3.05, 3.63) is 53.1 Å². The van der Waals surface area contributed by atoms with Crippen molar-refractivity contribution in [2.75, 3.05) is 30.9 Å². The summed E-state index contributed by atoms with van der Waals surface area (Å²) in [4.78, 5) is 39.1. The van der Waals surface area contributed by atoms with E-state index in [1.54, 1.807) is 0 Å². The smallest absolute Gasteiger partial charge is 0.264 e. The number of sulfone groups is 1. The maximum atomic E-state index is 13.4. The number of fused-ring (bicyclic) bond motifs is 1. The van der Waals surface area contributed by atoms with Gasteiger partial charge in [0.05, 0.1) is 49.1 Å². The van der Waals surface area contributed by atoms with Crippen molar-refractivity contribution in [3.8, 4) is 11.5 Å². The first-order valence-electron chi connectivity index (χ1n) is 11.8. The van der Waals surface area contributed by atoms with Gasteiger partial charge in [0.2, 0.25) is 5.91 Å². The van der Waals surface area contributed by atoms with Gasteiger partial charge >= 0.3 is 0 Å². The van der Waals surface area contributed by atoms with Gasteiger partial charge in [-0.1, -0.05) is 12.1 Å². The number of nitrogens with zero attached hydrogens (tertiary/aromatic N) is 1. The molecule has 0 bridgehead atoms. The SMILES string of the molecule is [2H]C([2H])([2H])Oc1ccc(C(CS(C)(=O)=O)N2C(=O)c3cccc(NC(C)=O)c3C2=O)cc1OC([2H])([2H])C. The summed E-state index contributed by atoms with van der Waals surface area (Å²) in [6.07, 6.45) is 0.912. The second-order valence-electron chi connectivity index (χ2n) is 7.11. The summed E-state index contributed by atoms with van der Waals surface area (Å²) >= 11 is 0. The molecule has 0 aromatic heterocycles. The molecule has 0 spiro atoms. The molecule has 170 valence electrons. The normalized spacial score (nSPS) is 17.3. The van der Waals surface area contributed by atoms with Crippen molar-refractivity contribution in [1.82, 2.24) is 4.90 Å². The zero-order chi connectivity index (χ0) is 27.9. The average molecular weight is 466 g/mol. The van der Waals surface area contributed by atoms with E-state index in [-0.39, 0.29) is 33.9 Å². The Morgan fingerprint density at radius 1 is 1.22 bits per heavy atom. The Morgan fingerprint density at radius 3 is 2.59 bits per heavy atom. The van der Waals surface area contributed by atoms with E-state index >= 15 is 0 Å². The molecule has 1 aliphatic heterocycles. The lowest BCUT2D eigenvalue weighted by Crippen LogP contribution is -2.37. The van der Waals surface area contributed by atoms with Crippen LogP contribution >= 0.6 is 0 Å². The minimum atomic E-state index is -3.81. The van der Waals surface area contributed by atoms with Crippen molar-refractivity contribution in [3.63, 3.8) is 0 Å². The van der Waals surface area contributed by atoms with E-state index in [0.717, 1.165) is 30.2 Å². The van der Waals surface area contributed by atoms with Gasteiger partial charge in [-0.3, -0.25) is 19.3 Å². The molecular formula is C22H24N2O7S. The molecule has 1 heterocycles. The van der Waals surface area contributed by atoms with Crippen LogP contribution in [0.4, 0.5) is 5.69 Å². The summed E-state index contributed by atoms with van der Waals surface area (Å²) in [7, 11) is -6.72. The van der Waals surface area contributed by atoms with Crippen LogP contribution in [0.1, 0.15) is 53.0 Å². The standard InChI is InChI=1S/C22H24N2O7S/c1-5-31-19-11-14(9-10-18(19)30-3)17(12-32(4,28)29)24-21(26)15-7-6-8-16(23-13(2)25)20(15)22(24)27/h6-11,17H,5,12H2,1-4H3,(H,23,25)/i3D3,5D2. The number of amides is 3. The van der Waals surface area contributed by atoms with Crippen molar-refractivity contribution in [1.29, 1.82) is 0 Å². The van der Waals surface area contributed by atoms with Gasteiger partial charge in [-0.15, -0.1) is 0 Å². The number of carbonyl (C=O) groups excluding carboxylic acids is 3. The summed E-state index contributed by atoms with van der Waals surface area (Å²) in [6.45, 7) is -0.0112. The highest BCUT2D eigenvalue weighted by Crippen LogP contribution is 2.38. The van der Waals surface area contributed by atoms with Gasteiger partial charge in [-0.25, -0.2) is 8.42 Å². The Morgan fingerprint density at radius 2 is 1.97 bits per heavy atom. The van der Waals surface area contributed by atoms with Gasteiger partial charge in [-0.2, -0.15) is 0 Å². The zero-order valence-corrected chi connectivity index (χ0v) is 18.3. The first-order chi connectivity index (χ1) is 16.9. The fourth-order valence-electron chi connectivity index (χ4n) is 3.49. The lowest BCUT2D eigenvalue weighted by Gasteiger charge is -2.27. The predicted molar refractivity (Wildman–Crippen MR) is 118 cm³/mol. The highest BCUT2D eigenvalue weighted by Gasteiger charge is 2.43. The van der Waals surface area contributed by atoms with Gasteiger partial charge in [0.25, 0.3) is 11.8 Å². The Labute approximate surface area is 193 Å². The maximum Gasteiger partial charge on any atom is 0.264 e. The lowest BCUT2D eigenvalue weighted by atomic mass is 10.1. The molecule has 0 aliphatic carbocycles. The van der Waals surface area contributed by atoms with Crippen LogP contribution in [0.25, 0.3) is 0 Å². The molecule has 10 heteroatoms. The molecule has 0 saturated heterocycles. The summed E-state index contributed by atoms with van der Waals surface area (Å²) in [5.41, 5.74) is -0.0323. The molecule has 3 rings (SSSR count). The number of rotatable bonds is 8. The molecular weight excluding hydrogens is 436 g/mol. The third-order valence-electron chi connectivity index (χ3n) is 4.70. The molecule has 2 aromatic rings. The van der Waals surface area contributed by atoms with Crippen LogP contribution in [0, 0.1) is 0 Å². The monoisotopic (exact) mass is 465 g/mol. The first kappa shape index (κ1) is 17.2. The number of methoxy groups -OCH3 is 1. The second kappa shape index (κ2) is 8.99. The van der Waals surface area contributed by atoms with Crippen LogP contribution < -0.4 is 14.8 Å². The van der Waals surface area contributed by atoms with Crippen LogP contribution in [0.2, 0.25) is 0 Å². The van der Waals surface area contributed by atoms with E-state index in [1.807, 2.05) is 0 Å². The van der Waals surface area contributed by atoms with Gasteiger partial charge in [0, 0.05) is 13.2 Å². The van der Waals surface area contributed by atoms with Crippen LogP contribution in [0.5, 0.6) is 11.5 Å². The molecule has 32 heavy (non-hydrogen) atoms. The number of carbonyl (C=O) groups is 3. The molecule has 1 N–H and O–H groups in total. The fraction of sp³-hybridized carbons (Fsp3) is 0.318. The number of imide groups is 1. The molecule has 1 aliphatic rings. The maximum absolute atomic E-state index is 13.4. The van der Waals surface area contributed by atoms with E-state index < -0.39 is 53.0 Å². The molecule has 0 radical (unpaired) electrons. The van der Waals surface area contributed by atoms with Crippen LogP contribution in [0.3, 0.4) is 0 Å². The van der Waals surface area contributed by atoms with E-state index in [1.165, 1.54) is 31.2 Å². The molecule has 9 nitrogen and oxygen atoms in total. The van der Waals surface area contributed by atoms with Crippen LogP contribution in [0.15, 0.2) is 36.4 Å². The van der Waals surface area contributed by atoms with Crippen LogP contribution in [-0.4, -0.2) is 56.6 Å². The molecule has 3 amide bonds. The van der Waals surface area contributed by atoms with Gasteiger partial charge in [-0.05, 0) is 36.8 Å². The Balaban J connectivity index is 2.16. The van der Waals surface area contributed by atoms with Crippen molar-refractivity contribution >= 4 is 33.2 Å². The quantitative estimate of drug-likeness (QED) is 0.595. The fourth-order valence-corrected chi connectivity index (χ4v) is 4.41. The highest BCUT2D eigenvalue weighted by molar-refractivity contribution is 7.90. The minimum Gasteiger partial charge on any atom is -0.493 e. The number of hydrogen-bond acceptors (Lipinski definition) is 7. The van der Waals surface area contributed by atoms with E-state index in [2.05, 4.69) is 5.32 Å². The molecule has 2 aromatic carbocycles. The number of ether oxygens (including phenoxy) is 2. The molecule has 0 saturated carbocycles. The average Bonchev–Trinajstić information content (AvgIpc) is 2.95. The highest BCUT2D eigenvalue weighted by atomic mass is 32.2. The first-order valence-corrected chi connectivity index (χ1v) is 11.4. The predicted octanol–water partition coefficient (Wildman–Crippen LogP) is 2.43. The third kappa shape index (κ3) is 4.59. The van der Waals surface area contributed by atoms with Gasteiger partial charge in [0.15, 0.2) is 11.5 Å². The molecule has 0 fully saturated rings. The van der Waals surface area contributed by atoms with E-state index in [9.17, 15) is 22.8 Å². The molecule has 1 atom stereocenters. The van der Waals surface area contributed by atoms with Crippen molar-refractivity contribution < 1.29 is 39.1 Å². The second-order valence-corrected chi connectivity index (χ2v) is 9.30. The van der Waals surface area contributed by atoms with Crippen molar-refractivity contribution in [2.24, 2.45) is 0 Å². The summed E-state index contributed by atoms with van der Waals surface area (Å²) in [6, 6.07) is 6.35. The number of anilines is 1. The van der Waals surface area contributed by atoms with E-state index in [0.29, 0.717) is 0 Å². The topological polar surface area (TPSA) is 119 Å². The summed E-state index contributed by atoms with van der Waals surface area (Å²) in [5, 5.41) is 2.48. The minimum absolute atomic E-state index is 0.0400. The van der Waals surface area contributed by atoms with Crippen LogP contribution in [-0.2, 0) is 14.6 Å². The Kier molecular flexibility index (Phi) is 4.83. The number of hydrogen-bond donors (Lipinski definition) is 1. The largest absolute Gasteiger partial charge is 0.493 e. The van der Waals surface area contributed by atoms with Gasteiger partial charge < -0.3 is 14.8 Å². The zero-order valence-electron chi connectivity index (χ0n) is 22.5. The third-order valence-corrected chi connectivity index (χ3v) is 5.63. The number of nitrogens with one attached hydrogen (secondary N) is 1. The van der Waals surface area contributed by atoms with Crippen molar-refractivity contribution in [2.45, 2.75) is 19.9 Å². The Bertz CT molecular complexity index is 1370. The number of benzene rings is 2. The molecule has 1 unspecified atom stereocenters. The summed E-state index contributed by atoms with van der Waals surface area (Å²) in [5.74, 6) is -3.59. The summed E-state index contributed by atoms with van der Waals surface area (Å²) < 4.78 is 72.2. The van der Waals surface area contributed by atoms with E-state index in [4.69, 9.17) is 16.3 Å². The Hall–Kier alpha value is -3.40. The lowest BCUT2D eigenvalue weighted by molar-refractivity contribution is -0.114.